The van der Waals surface area contributed by atoms with Crippen molar-refractivity contribution in [2.24, 2.45) is 0 Å². The highest BCUT2D eigenvalue weighted by atomic mass is 16.7. The van der Waals surface area contributed by atoms with Crippen LogP contribution >= 0.6 is 0 Å². The number of unbranched alkanes of at least 4 members (excludes halogenated alkanes) is 2. The fraction of sp³-hybridized carbons (Fsp3) is 0.348. The molecule has 0 fully saturated rings. The summed E-state index contributed by atoms with van der Waals surface area (Å²) in [7, 11) is 1.67. The molecule has 0 radical (unpaired) electrons. The third-order valence-electron chi connectivity index (χ3n) is 5.30. The quantitative estimate of drug-likeness (QED) is 0.411. The van der Waals surface area contributed by atoms with Crippen molar-refractivity contribution in [2.45, 2.75) is 32.2 Å². The molecule has 2 N–H and O–H groups in total. The molecule has 152 valence electrons. The van der Waals surface area contributed by atoms with Crippen LogP contribution in [0.15, 0.2) is 36.4 Å². The Morgan fingerprint density at radius 1 is 1.03 bits per heavy atom. The minimum Gasteiger partial charge on any atom is -0.497 e. The summed E-state index contributed by atoms with van der Waals surface area (Å²) in [4.78, 5) is 10.6. The number of nitrogens with one attached hydrogen (secondary N) is 1. The molecule has 0 bridgehead atoms. The number of methoxy groups -OCH3 is 1. The number of benzene rings is 3. The smallest absolute Gasteiger partial charge is 0.303 e. The van der Waals surface area contributed by atoms with Crippen molar-refractivity contribution in [1.82, 2.24) is 5.32 Å². The van der Waals surface area contributed by atoms with Crippen molar-refractivity contribution in [1.29, 1.82) is 0 Å². The van der Waals surface area contributed by atoms with Crippen LogP contribution in [0.3, 0.4) is 0 Å². The number of aliphatic carboxylic acids is 1. The second-order valence-electron chi connectivity index (χ2n) is 7.25. The van der Waals surface area contributed by atoms with Gasteiger partial charge in [-0.2, -0.15) is 0 Å². The first-order chi connectivity index (χ1) is 14.2. The molecule has 3 aromatic carbocycles. The molecule has 4 rings (SSSR count). The third kappa shape index (κ3) is 4.22. The molecule has 0 aromatic heterocycles. The lowest BCUT2D eigenvalue weighted by Gasteiger charge is -2.13. The maximum atomic E-state index is 10.6. The van der Waals surface area contributed by atoms with Crippen LogP contribution in [0.4, 0.5) is 0 Å². The summed E-state index contributed by atoms with van der Waals surface area (Å²) in [6.45, 7) is 1.85. The van der Waals surface area contributed by atoms with Crippen LogP contribution in [-0.4, -0.2) is 31.5 Å². The summed E-state index contributed by atoms with van der Waals surface area (Å²) >= 11 is 0. The van der Waals surface area contributed by atoms with Gasteiger partial charge in [-0.3, -0.25) is 4.79 Å². The summed E-state index contributed by atoms with van der Waals surface area (Å²) in [5, 5.41) is 16.7. The van der Waals surface area contributed by atoms with Crippen molar-refractivity contribution in [2.75, 3.05) is 20.4 Å². The van der Waals surface area contributed by atoms with E-state index in [9.17, 15) is 4.79 Å². The highest BCUT2D eigenvalue weighted by molar-refractivity contribution is 6.10. The highest BCUT2D eigenvalue weighted by Crippen LogP contribution is 2.40. The van der Waals surface area contributed by atoms with Gasteiger partial charge < -0.3 is 24.6 Å². The van der Waals surface area contributed by atoms with E-state index in [2.05, 4.69) is 23.5 Å². The first-order valence-corrected chi connectivity index (χ1v) is 9.91. The van der Waals surface area contributed by atoms with Crippen molar-refractivity contribution in [3.63, 3.8) is 0 Å². The number of hydrogen-bond acceptors (Lipinski definition) is 5. The Kier molecular flexibility index (Phi) is 5.71. The predicted molar refractivity (Wildman–Crippen MR) is 112 cm³/mol. The zero-order valence-corrected chi connectivity index (χ0v) is 16.5. The third-order valence-corrected chi connectivity index (χ3v) is 5.30. The lowest BCUT2D eigenvalue weighted by Crippen LogP contribution is -2.15. The molecule has 0 unspecified atom stereocenters. The van der Waals surface area contributed by atoms with Gasteiger partial charge in [0.1, 0.15) is 5.75 Å². The Balaban J connectivity index is 1.57. The molecule has 0 amide bonds. The molecular formula is C23H25NO5. The van der Waals surface area contributed by atoms with Gasteiger partial charge in [0.15, 0.2) is 11.5 Å². The van der Waals surface area contributed by atoms with Crippen molar-refractivity contribution >= 4 is 27.5 Å². The lowest BCUT2D eigenvalue weighted by atomic mass is 9.96. The first kappa shape index (κ1) is 19.3. The van der Waals surface area contributed by atoms with Crippen LogP contribution in [0.25, 0.3) is 21.5 Å². The van der Waals surface area contributed by atoms with Gasteiger partial charge in [0.05, 0.1) is 7.11 Å². The second-order valence-corrected chi connectivity index (χ2v) is 7.25. The van der Waals surface area contributed by atoms with E-state index in [-0.39, 0.29) is 13.2 Å². The topological polar surface area (TPSA) is 77.0 Å². The Morgan fingerprint density at radius 2 is 1.86 bits per heavy atom. The molecule has 1 aliphatic rings. The van der Waals surface area contributed by atoms with E-state index in [0.29, 0.717) is 0 Å². The predicted octanol–water partition coefficient (Wildman–Crippen LogP) is 4.46. The minimum absolute atomic E-state index is 0.243. The number of hydrogen-bond donors (Lipinski definition) is 2. The molecule has 29 heavy (non-hydrogen) atoms. The van der Waals surface area contributed by atoms with Gasteiger partial charge in [-0.15, -0.1) is 0 Å². The second kappa shape index (κ2) is 8.57. The summed E-state index contributed by atoms with van der Waals surface area (Å²) in [6.07, 6.45) is 2.85. The Hall–Kier alpha value is -2.99. The van der Waals surface area contributed by atoms with Crippen molar-refractivity contribution in [3.05, 3.63) is 42.0 Å². The van der Waals surface area contributed by atoms with E-state index >= 15 is 0 Å². The van der Waals surface area contributed by atoms with Gasteiger partial charge in [-0.25, -0.2) is 0 Å². The van der Waals surface area contributed by atoms with E-state index in [1.165, 1.54) is 10.9 Å². The Bertz CT molecular complexity index is 1050. The monoisotopic (exact) mass is 395 g/mol. The number of carboxylic acids is 1. The molecule has 3 aromatic rings. The average molecular weight is 395 g/mol. The Morgan fingerprint density at radius 3 is 2.66 bits per heavy atom. The first-order valence-electron chi connectivity index (χ1n) is 9.91. The summed E-state index contributed by atoms with van der Waals surface area (Å²) in [5.74, 6) is 1.64. The maximum absolute atomic E-state index is 10.6. The summed E-state index contributed by atoms with van der Waals surface area (Å²) < 4.78 is 16.6. The van der Waals surface area contributed by atoms with Gasteiger partial charge in [-0.1, -0.05) is 12.5 Å². The summed E-state index contributed by atoms with van der Waals surface area (Å²) in [5.41, 5.74) is 1.21. The molecule has 0 spiro atoms. The zero-order valence-electron chi connectivity index (χ0n) is 16.5. The average Bonchev–Trinajstić information content (AvgIpc) is 3.18. The van der Waals surface area contributed by atoms with Gasteiger partial charge >= 0.3 is 5.97 Å². The summed E-state index contributed by atoms with van der Waals surface area (Å²) in [6, 6.07) is 12.4. The van der Waals surface area contributed by atoms with Crippen molar-refractivity contribution in [3.8, 4) is 17.2 Å². The molecule has 0 saturated carbocycles. The van der Waals surface area contributed by atoms with E-state index in [0.717, 1.165) is 65.8 Å². The van der Waals surface area contributed by atoms with Crippen LogP contribution < -0.4 is 19.5 Å². The number of carboxylic acid groups (broad SMARTS) is 1. The molecule has 0 atom stereocenters. The number of ether oxygens (including phenoxy) is 3. The normalized spacial score (nSPS) is 12.6. The zero-order chi connectivity index (χ0) is 20.2. The van der Waals surface area contributed by atoms with Crippen LogP contribution in [-0.2, 0) is 11.3 Å². The number of fused-ring (bicyclic) bond motifs is 4. The fourth-order valence-electron chi connectivity index (χ4n) is 3.80. The maximum Gasteiger partial charge on any atom is 0.303 e. The van der Waals surface area contributed by atoms with Crippen LogP contribution in [0.1, 0.15) is 31.2 Å². The molecule has 0 saturated heterocycles. The van der Waals surface area contributed by atoms with Gasteiger partial charge in [-0.05, 0) is 76.8 Å². The van der Waals surface area contributed by atoms with E-state index < -0.39 is 5.97 Å². The Labute approximate surface area is 169 Å². The molecular weight excluding hydrogens is 370 g/mol. The molecule has 6 nitrogen and oxygen atoms in total. The minimum atomic E-state index is -0.725. The van der Waals surface area contributed by atoms with Crippen LogP contribution in [0.2, 0.25) is 0 Å². The van der Waals surface area contributed by atoms with Gasteiger partial charge in [0.2, 0.25) is 6.79 Å². The molecule has 6 heteroatoms. The molecule has 0 aliphatic carbocycles. The van der Waals surface area contributed by atoms with Gasteiger partial charge in [0.25, 0.3) is 0 Å². The standard InChI is InChI=1S/C23H25NO5/c1-27-17-6-7-18-16(13-24-8-4-2-3-5-23(25)26)9-15-10-21-22(29-14-28-21)12-19(15)20(18)11-17/h6-7,9-12,24H,2-5,8,13-14H2,1H3,(H,25,26). The largest absolute Gasteiger partial charge is 0.497 e. The number of carbonyl (C=O) groups is 1. The van der Waals surface area contributed by atoms with E-state index in [4.69, 9.17) is 19.3 Å². The van der Waals surface area contributed by atoms with Gasteiger partial charge in [0, 0.05) is 13.0 Å². The SMILES string of the molecule is COc1ccc2c(CNCCCCCC(=O)O)cc3cc4c(cc3c2c1)OCO4. The van der Waals surface area contributed by atoms with Crippen molar-refractivity contribution < 1.29 is 24.1 Å². The van der Waals surface area contributed by atoms with E-state index in [1.54, 1.807) is 7.11 Å². The molecule has 1 aliphatic heterocycles. The highest BCUT2D eigenvalue weighted by Gasteiger charge is 2.17. The lowest BCUT2D eigenvalue weighted by molar-refractivity contribution is -0.137. The van der Waals surface area contributed by atoms with Crippen LogP contribution in [0.5, 0.6) is 17.2 Å². The molecule has 1 heterocycles. The fourth-order valence-corrected chi connectivity index (χ4v) is 3.80. The number of rotatable bonds is 9. The van der Waals surface area contributed by atoms with Crippen LogP contribution in [0, 0.1) is 0 Å². The van der Waals surface area contributed by atoms with E-state index in [1.807, 2.05) is 18.2 Å².